The molecule has 0 saturated heterocycles. The maximum absolute atomic E-state index is 11.8. The Balaban J connectivity index is 2.94. The van der Waals surface area contributed by atoms with Crippen LogP contribution in [0.15, 0.2) is 34.6 Å². The quantitative estimate of drug-likeness (QED) is 0.426. The summed E-state index contributed by atoms with van der Waals surface area (Å²) in [5.74, 6) is -0.251. The van der Waals surface area contributed by atoms with Crippen molar-refractivity contribution in [3.63, 3.8) is 0 Å². The van der Waals surface area contributed by atoms with Gasteiger partial charge in [0.15, 0.2) is 5.71 Å². The number of hydrogen-bond acceptors (Lipinski definition) is 6. The number of benzene rings is 1. The minimum Gasteiger partial charge on any atom is -0.495 e. The molecule has 18 heavy (non-hydrogen) atoms. The molecule has 3 N–H and O–H groups in total. The zero-order valence-electron chi connectivity index (χ0n) is 9.91. The zero-order valence-corrected chi connectivity index (χ0v) is 9.91. The highest BCUT2D eigenvalue weighted by atomic mass is 16.5. The number of anilines is 1. The molecule has 0 saturated carbocycles. The molecule has 1 aromatic rings. The molecule has 0 fully saturated rings. The van der Waals surface area contributed by atoms with Crippen LogP contribution in [0.3, 0.4) is 0 Å². The van der Waals surface area contributed by atoms with Crippen molar-refractivity contribution in [3.8, 4) is 5.75 Å². The predicted molar refractivity (Wildman–Crippen MR) is 65.7 cm³/mol. The summed E-state index contributed by atoms with van der Waals surface area (Å²) in [5.41, 5.74) is -0.0785. The molecule has 0 bridgehead atoms. The Morgan fingerprint density at radius 2 is 1.94 bits per heavy atom. The van der Waals surface area contributed by atoms with Crippen LogP contribution < -0.4 is 10.1 Å². The van der Waals surface area contributed by atoms with E-state index in [0.717, 1.165) is 0 Å². The first-order valence-corrected chi connectivity index (χ1v) is 4.99. The normalized spacial score (nSPS) is 12.1. The van der Waals surface area contributed by atoms with E-state index in [4.69, 9.17) is 15.2 Å². The number of rotatable bonds is 4. The monoisotopic (exact) mass is 251 g/mol. The lowest BCUT2D eigenvalue weighted by molar-refractivity contribution is -0.110. The smallest absolute Gasteiger partial charge is 0.279 e. The van der Waals surface area contributed by atoms with Crippen molar-refractivity contribution in [2.75, 3.05) is 12.4 Å². The van der Waals surface area contributed by atoms with E-state index in [2.05, 4.69) is 15.6 Å². The first-order valence-electron chi connectivity index (χ1n) is 4.99. The lowest BCUT2D eigenvalue weighted by Gasteiger charge is -2.09. The largest absolute Gasteiger partial charge is 0.495 e. The molecule has 1 amide bonds. The van der Waals surface area contributed by atoms with Gasteiger partial charge >= 0.3 is 0 Å². The molecule has 1 rings (SSSR count). The molecule has 0 aliphatic carbocycles. The third kappa shape index (κ3) is 2.97. The summed E-state index contributed by atoms with van der Waals surface area (Å²) in [7, 11) is 1.46. The van der Waals surface area contributed by atoms with Gasteiger partial charge in [-0.3, -0.25) is 4.79 Å². The van der Waals surface area contributed by atoms with Crippen LogP contribution in [0.25, 0.3) is 0 Å². The molecular formula is C11H13N3O4. The molecule has 1 aromatic carbocycles. The number of hydrogen-bond donors (Lipinski definition) is 3. The molecule has 0 aliphatic heterocycles. The van der Waals surface area contributed by atoms with Crippen molar-refractivity contribution in [2.24, 2.45) is 10.3 Å². The second-order valence-electron chi connectivity index (χ2n) is 3.29. The summed E-state index contributed by atoms with van der Waals surface area (Å²) in [6.07, 6.45) is 0. The molecule has 0 radical (unpaired) electrons. The van der Waals surface area contributed by atoms with Gasteiger partial charge in [0.2, 0.25) is 0 Å². The highest BCUT2D eigenvalue weighted by Gasteiger charge is 2.17. The van der Waals surface area contributed by atoms with E-state index < -0.39 is 5.91 Å². The van der Waals surface area contributed by atoms with Gasteiger partial charge in [-0.25, -0.2) is 0 Å². The third-order valence-electron chi connectivity index (χ3n) is 2.16. The minimum atomic E-state index is -0.711. The molecule has 0 atom stereocenters. The fourth-order valence-corrected chi connectivity index (χ4v) is 1.26. The van der Waals surface area contributed by atoms with E-state index in [0.29, 0.717) is 11.4 Å². The molecule has 7 heteroatoms. The van der Waals surface area contributed by atoms with E-state index in [1.165, 1.54) is 14.0 Å². The van der Waals surface area contributed by atoms with Gasteiger partial charge in [-0.2, -0.15) is 0 Å². The van der Waals surface area contributed by atoms with Crippen LogP contribution in [0.1, 0.15) is 6.92 Å². The van der Waals surface area contributed by atoms with Gasteiger partial charge in [0.25, 0.3) is 5.91 Å². The number of carbonyl (C=O) groups is 1. The molecule has 96 valence electrons. The topological polar surface area (TPSA) is 104 Å². The molecule has 0 aliphatic rings. The molecule has 0 unspecified atom stereocenters. The summed E-state index contributed by atoms with van der Waals surface area (Å²) >= 11 is 0. The molecule has 0 heterocycles. The van der Waals surface area contributed by atoms with Crippen molar-refractivity contribution < 1.29 is 19.9 Å². The number of oxime groups is 2. The number of para-hydroxylation sites is 2. The van der Waals surface area contributed by atoms with Gasteiger partial charge < -0.3 is 20.5 Å². The Morgan fingerprint density at radius 3 is 2.50 bits per heavy atom. The SMILES string of the molecule is COc1ccccc1NC(=O)C(=N/O)/C(C)=N\O. The van der Waals surface area contributed by atoms with Crippen molar-refractivity contribution in [2.45, 2.75) is 6.92 Å². The zero-order chi connectivity index (χ0) is 13.5. The Bertz CT molecular complexity index is 497. The lowest BCUT2D eigenvalue weighted by atomic mass is 10.2. The summed E-state index contributed by atoms with van der Waals surface area (Å²) in [5, 5.41) is 25.3. The number of amides is 1. The predicted octanol–water partition coefficient (Wildman–Crippen LogP) is 1.31. The van der Waals surface area contributed by atoms with E-state index in [9.17, 15) is 4.79 Å². The lowest BCUT2D eigenvalue weighted by Crippen LogP contribution is -2.28. The van der Waals surface area contributed by atoms with Gasteiger partial charge in [-0.1, -0.05) is 22.4 Å². The molecule has 0 aromatic heterocycles. The standard InChI is InChI=1S/C11H13N3O4/c1-7(13-16)10(14-17)11(15)12-8-5-3-4-6-9(8)18-2/h3-6,16-17H,1-2H3,(H,12,15)/b13-7-,14-10+. The van der Waals surface area contributed by atoms with E-state index >= 15 is 0 Å². The van der Waals surface area contributed by atoms with Crippen LogP contribution in [0.2, 0.25) is 0 Å². The van der Waals surface area contributed by atoms with Crippen LogP contribution in [-0.2, 0) is 4.79 Å². The number of carbonyl (C=O) groups excluding carboxylic acids is 1. The van der Waals surface area contributed by atoms with Crippen molar-refractivity contribution >= 4 is 23.0 Å². The minimum absolute atomic E-state index is 0.107. The molecular weight excluding hydrogens is 238 g/mol. The van der Waals surface area contributed by atoms with Gasteiger partial charge in [0, 0.05) is 0 Å². The Hall–Kier alpha value is -2.57. The second-order valence-corrected chi connectivity index (χ2v) is 3.29. The molecule has 7 nitrogen and oxygen atoms in total. The number of methoxy groups -OCH3 is 1. The molecule has 0 spiro atoms. The summed E-state index contributed by atoms with van der Waals surface area (Å²) < 4.78 is 5.05. The summed E-state index contributed by atoms with van der Waals surface area (Å²) in [4.78, 5) is 11.8. The van der Waals surface area contributed by atoms with Crippen molar-refractivity contribution in [3.05, 3.63) is 24.3 Å². The average molecular weight is 251 g/mol. The number of nitrogens with one attached hydrogen (secondary N) is 1. The van der Waals surface area contributed by atoms with E-state index in [1.54, 1.807) is 24.3 Å². The van der Waals surface area contributed by atoms with Gasteiger partial charge in [-0.15, -0.1) is 0 Å². The highest BCUT2D eigenvalue weighted by Crippen LogP contribution is 2.22. The van der Waals surface area contributed by atoms with Crippen LogP contribution in [-0.4, -0.2) is 34.9 Å². The van der Waals surface area contributed by atoms with Crippen LogP contribution >= 0.6 is 0 Å². The number of nitrogens with zero attached hydrogens (tertiary/aromatic N) is 2. The Morgan fingerprint density at radius 1 is 1.28 bits per heavy atom. The highest BCUT2D eigenvalue weighted by molar-refractivity contribution is 6.68. The summed E-state index contributed by atoms with van der Waals surface area (Å²) in [6.45, 7) is 1.33. The Labute approximate surface area is 103 Å². The third-order valence-corrected chi connectivity index (χ3v) is 2.16. The Kier molecular flexibility index (Phi) is 4.67. The number of ether oxygens (including phenoxy) is 1. The van der Waals surface area contributed by atoms with Crippen LogP contribution in [0.5, 0.6) is 5.75 Å². The van der Waals surface area contributed by atoms with Crippen molar-refractivity contribution in [1.82, 2.24) is 0 Å². The van der Waals surface area contributed by atoms with Gasteiger partial charge in [0.05, 0.1) is 12.8 Å². The maximum Gasteiger partial charge on any atom is 0.279 e. The van der Waals surface area contributed by atoms with E-state index in [1.807, 2.05) is 0 Å². The first-order chi connectivity index (χ1) is 8.63. The van der Waals surface area contributed by atoms with Crippen LogP contribution in [0.4, 0.5) is 5.69 Å². The van der Waals surface area contributed by atoms with Crippen molar-refractivity contribution in [1.29, 1.82) is 0 Å². The van der Waals surface area contributed by atoms with E-state index in [-0.39, 0.29) is 11.4 Å². The fourth-order valence-electron chi connectivity index (χ4n) is 1.26. The van der Waals surface area contributed by atoms with Crippen LogP contribution in [0, 0.1) is 0 Å². The second kappa shape index (κ2) is 6.24. The van der Waals surface area contributed by atoms with Gasteiger partial charge in [0.1, 0.15) is 11.5 Å². The maximum atomic E-state index is 11.8. The average Bonchev–Trinajstić information content (AvgIpc) is 2.39. The fraction of sp³-hybridized carbons (Fsp3) is 0.182. The van der Waals surface area contributed by atoms with Gasteiger partial charge in [-0.05, 0) is 19.1 Å². The first kappa shape index (κ1) is 13.5. The summed E-state index contributed by atoms with van der Waals surface area (Å²) in [6, 6.07) is 6.74.